The predicted octanol–water partition coefficient (Wildman–Crippen LogP) is 3.00. The van der Waals surface area contributed by atoms with Gasteiger partial charge in [-0.15, -0.1) is 5.10 Å². The molecule has 2 amide bonds. The van der Waals surface area contributed by atoms with E-state index in [1.54, 1.807) is 4.68 Å². The van der Waals surface area contributed by atoms with Gasteiger partial charge in [-0.2, -0.15) is 0 Å². The number of benzene rings is 1. The summed E-state index contributed by atoms with van der Waals surface area (Å²) in [7, 11) is 0. The third-order valence-electron chi connectivity index (χ3n) is 4.51. The zero-order chi connectivity index (χ0) is 17.0. The van der Waals surface area contributed by atoms with Gasteiger partial charge >= 0.3 is 6.03 Å². The molecule has 0 saturated heterocycles. The number of nitrogens with one attached hydrogen (secondary N) is 2. The van der Waals surface area contributed by atoms with Gasteiger partial charge in [0.25, 0.3) is 0 Å². The number of urea groups is 1. The molecule has 6 heteroatoms. The lowest BCUT2D eigenvalue weighted by Crippen LogP contribution is -2.45. The van der Waals surface area contributed by atoms with E-state index < -0.39 is 5.60 Å². The molecule has 3 N–H and O–H groups in total. The minimum atomic E-state index is -0.770. The molecule has 3 rings (SSSR count). The molecular formula is C18H24N4O2. The normalized spacial score (nSPS) is 16.6. The monoisotopic (exact) mass is 328 g/mol. The Hall–Kier alpha value is -2.34. The summed E-state index contributed by atoms with van der Waals surface area (Å²) in [6.45, 7) is 2.17. The highest BCUT2D eigenvalue weighted by atomic mass is 16.3. The number of para-hydroxylation sites is 1. The third kappa shape index (κ3) is 3.94. The first-order valence-electron chi connectivity index (χ1n) is 8.45. The first kappa shape index (κ1) is 16.5. The van der Waals surface area contributed by atoms with Crippen molar-refractivity contribution >= 4 is 11.8 Å². The van der Waals surface area contributed by atoms with Crippen molar-refractivity contribution in [1.82, 2.24) is 15.1 Å². The zero-order valence-electron chi connectivity index (χ0n) is 14.0. The van der Waals surface area contributed by atoms with E-state index in [0.29, 0.717) is 5.82 Å². The van der Waals surface area contributed by atoms with E-state index in [1.807, 2.05) is 43.5 Å². The number of aliphatic hydroxyl groups is 1. The molecule has 1 aliphatic carbocycles. The topological polar surface area (TPSA) is 79.2 Å². The number of rotatable bonds is 4. The predicted molar refractivity (Wildman–Crippen MR) is 93.4 cm³/mol. The Balaban J connectivity index is 1.59. The molecule has 1 aromatic heterocycles. The van der Waals surface area contributed by atoms with Crippen molar-refractivity contribution in [3.63, 3.8) is 0 Å². The largest absolute Gasteiger partial charge is 0.388 e. The molecule has 0 bridgehead atoms. The van der Waals surface area contributed by atoms with Gasteiger partial charge in [-0.3, -0.25) is 5.32 Å². The average molecular weight is 328 g/mol. The molecule has 1 fully saturated rings. The quantitative estimate of drug-likeness (QED) is 0.807. The SMILES string of the molecule is Cc1cn(-c2ccccc2)nc1NC(=O)NCC1(O)CCCCC1. The second-order valence-electron chi connectivity index (χ2n) is 6.53. The van der Waals surface area contributed by atoms with Crippen molar-refractivity contribution < 1.29 is 9.90 Å². The number of carbonyl (C=O) groups excluding carboxylic acids is 1. The van der Waals surface area contributed by atoms with Gasteiger partial charge in [0.2, 0.25) is 0 Å². The molecule has 0 unspecified atom stereocenters. The minimum absolute atomic E-state index is 0.275. The molecule has 2 aromatic rings. The highest BCUT2D eigenvalue weighted by Crippen LogP contribution is 2.27. The van der Waals surface area contributed by atoms with Crippen molar-refractivity contribution in [3.8, 4) is 5.69 Å². The Morgan fingerprint density at radius 2 is 1.96 bits per heavy atom. The van der Waals surface area contributed by atoms with Crippen LogP contribution in [0.25, 0.3) is 5.69 Å². The van der Waals surface area contributed by atoms with Crippen LogP contribution in [0.4, 0.5) is 10.6 Å². The summed E-state index contributed by atoms with van der Waals surface area (Å²) in [5, 5.41) is 20.4. The highest BCUT2D eigenvalue weighted by Gasteiger charge is 2.29. The minimum Gasteiger partial charge on any atom is -0.388 e. The number of nitrogens with zero attached hydrogens (tertiary/aromatic N) is 2. The molecule has 1 heterocycles. The van der Waals surface area contributed by atoms with Crippen molar-refractivity contribution in [2.45, 2.75) is 44.6 Å². The number of aromatic nitrogens is 2. The summed E-state index contributed by atoms with van der Waals surface area (Å²) in [6, 6.07) is 9.40. The van der Waals surface area contributed by atoms with Gasteiger partial charge in [0.1, 0.15) is 0 Å². The molecular weight excluding hydrogens is 304 g/mol. The van der Waals surface area contributed by atoms with E-state index in [-0.39, 0.29) is 12.6 Å². The molecule has 1 aliphatic rings. The van der Waals surface area contributed by atoms with Gasteiger partial charge in [-0.05, 0) is 31.9 Å². The average Bonchev–Trinajstić information content (AvgIpc) is 2.95. The summed E-state index contributed by atoms with van der Waals surface area (Å²) in [5.74, 6) is 0.520. The lowest BCUT2D eigenvalue weighted by atomic mass is 9.85. The molecule has 1 saturated carbocycles. The molecule has 0 atom stereocenters. The van der Waals surface area contributed by atoms with Crippen LogP contribution in [0, 0.1) is 6.92 Å². The van der Waals surface area contributed by atoms with Gasteiger partial charge < -0.3 is 10.4 Å². The second kappa shape index (κ2) is 7.05. The van der Waals surface area contributed by atoms with Crippen LogP contribution in [0.1, 0.15) is 37.7 Å². The molecule has 0 aliphatic heterocycles. The Morgan fingerprint density at radius 3 is 2.67 bits per heavy atom. The molecule has 1 aromatic carbocycles. The summed E-state index contributed by atoms with van der Waals surface area (Å²) < 4.78 is 1.74. The Labute approximate surface area is 141 Å². The fourth-order valence-corrected chi connectivity index (χ4v) is 3.08. The van der Waals surface area contributed by atoms with Gasteiger partial charge in [-0.25, -0.2) is 9.48 Å². The van der Waals surface area contributed by atoms with Crippen LogP contribution in [0.3, 0.4) is 0 Å². The smallest absolute Gasteiger partial charge is 0.320 e. The van der Waals surface area contributed by atoms with Crippen molar-refractivity contribution in [3.05, 3.63) is 42.1 Å². The molecule has 128 valence electrons. The summed E-state index contributed by atoms with van der Waals surface area (Å²) in [6.07, 6.45) is 6.55. The summed E-state index contributed by atoms with van der Waals surface area (Å²) >= 11 is 0. The van der Waals surface area contributed by atoms with Gasteiger partial charge in [0, 0.05) is 18.3 Å². The number of carbonyl (C=O) groups is 1. The van der Waals surface area contributed by atoms with E-state index in [2.05, 4.69) is 15.7 Å². The van der Waals surface area contributed by atoms with Crippen LogP contribution in [0.2, 0.25) is 0 Å². The number of aryl methyl sites for hydroxylation is 1. The number of hydrogen-bond acceptors (Lipinski definition) is 3. The van der Waals surface area contributed by atoms with Crippen molar-refractivity contribution in [2.24, 2.45) is 0 Å². The van der Waals surface area contributed by atoms with Crippen molar-refractivity contribution in [2.75, 3.05) is 11.9 Å². The first-order chi connectivity index (χ1) is 11.6. The summed E-state index contributed by atoms with van der Waals surface area (Å²) in [4.78, 5) is 12.1. The van der Waals surface area contributed by atoms with Crippen LogP contribution in [0.5, 0.6) is 0 Å². The highest BCUT2D eigenvalue weighted by molar-refractivity contribution is 5.88. The van der Waals surface area contributed by atoms with E-state index in [1.165, 1.54) is 0 Å². The maximum atomic E-state index is 12.1. The fourth-order valence-electron chi connectivity index (χ4n) is 3.08. The van der Waals surface area contributed by atoms with Crippen LogP contribution < -0.4 is 10.6 Å². The Kier molecular flexibility index (Phi) is 4.85. The third-order valence-corrected chi connectivity index (χ3v) is 4.51. The van der Waals surface area contributed by atoms with Crippen molar-refractivity contribution in [1.29, 1.82) is 0 Å². The number of amides is 2. The van der Waals surface area contributed by atoms with Crippen LogP contribution in [-0.4, -0.2) is 33.1 Å². The number of anilines is 1. The Morgan fingerprint density at radius 1 is 1.25 bits per heavy atom. The van der Waals surface area contributed by atoms with Gasteiger partial charge in [0.15, 0.2) is 5.82 Å². The molecule has 0 radical (unpaired) electrons. The standard InChI is InChI=1S/C18H24N4O2/c1-14-12-22(15-8-4-2-5-9-15)21-16(14)20-17(23)19-13-18(24)10-6-3-7-11-18/h2,4-5,8-9,12,24H,3,6-7,10-11,13H2,1H3,(H2,19,20,21,23). The maximum absolute atomic E-state index is 12.1. The van der Waals surface area contributed by atoms with Crippen LogP contribution in [0.15, 0.2) is 36.5 Å². The van der Waals surface area contributed by atoms with E-state index in [4.69, 9.17) is 0 Å². The lowest BCUT2D eigenvalue weighted by molar-refractivity contribution is 0.00755. The Bertz CT molecular complexity index is 690. The number of hydrogen-bond donors (Lipinski definition) is 3. The summed E-state index contributed by atoms with van der Waals surface area (Å²) in [5.41, 5.74) is 1.05. The fraction of sp³-hybridized carbons (Fsp3) is 0.444. The zero-order valence-corrected chi connectivity index (χ0v) is 14.0. The van der Waals surface area contributed by atoms with E-state index in [9.17, 15) is 9.90 Å². The maximum Gasteiger partial charge on any atom is 0.320 e. The first-order valence-corrected chi connectivity index (χ1v) is 8.45. The van der Waals surface area contributed by atoms with Crippen LogP contribution >= 0.6 is 0 Å². The van der Waals surface area contributed by atoms with Gasteiger partial charge in [0.05, 0.1) is 11.3 Å². The second-order valence-corrected chi connectivity index (χ2v) is 6.53. The molecule has 6 nitrogen and oxygen atoms in total. The lowest BCUT2D eigenvalue weighted by Gasteiger charge is -2.32. The van der Waals surface area contributed by atoms with Gasteiger partial charge in [-0.1, -0.05) is 37.5 Å². The van der Waals surface area contributed by atoms with E-state index >= 15 is 0 Å². The van der Waals surface area contributed by atoms with Crippen LogP contribution in [-0.2, 0) is 0 Å². The molecule has 24 heavy (non-hydrogen) atoms. The van der Waals surface area contributed by atoms with E-state index in [0.717, 1.165) is 43.4 Å². The molecule has 0 spiro atoms.